The van der Waals surface area contributed by atoms with Crippen LogP contribution >= 0.6 is 45.8 Å². The topological polar surface area (TPSA) is 86.8 Å². The molecule has 7 nitrogen and oxygen atoms in total. The maximum absolute atomic E-state index is 13.8. The van der Waals surface area contributed by atoms with E-state index < -0.39 is 28.5 Å². The van der Waals surface area contributed by atoms with Gasteiger partial charge in [0.05, 0.1) is 22.0 Å². The Kier molecular flexibility index (Phi) is 10.2. The van der Waals surface area contributed by atoms with Crippen LogP contribution in [-0.2, 0) is 32.6 Å². The van der Waals surface area contributed by atoms with Gasteiger partial charge < -0.3 is 10.2 Å². The highest BCUT2D eigenvalue weighted by Gasteiger charge is 2.32. The van der Waals surface area contributed by atoms with Crippen LogP contribution in [0.2, 0.25) is 10.0 Å². The third-order valence-electron chi connectivity index (χ3n) is 5.65. The van der Waals surface area contributed by atoms with Gasteiger partial charge in [-0.3, -0.25) is 13.9 Å². The standard InChI is InChI=1S/C26H26Cl2IN3O4S/c1-30-26(34)24(15-18-6-4-3-5-7-18)31(16-19-8-13-22(27)23(28)14-19)25(33)17-32(37(2,35)36)21-11-9-20(29)10-12-21/h3-14,24H,15-17H2,1-2H3,(H,30,34). The number of benzene rings is 3. The molecule has 11 heteroatoms. The summed E-state index contributed by atoms with van der Waals surface area (Å²) in [4.78, 5) is 28.3. The van der Waals surface area contributed by atoms with E-state index in [1.807, 2.05) is 30.3 Å². The molecule has 3 rings (SSSR count). The minimum Gasteiger partial charge on any atom is -0.357 e. The summed E-state index contributed by atoms with van der Waals surface area (Å²) in [6.45, 7) is -0.464. The van der Waals surface area contributed by atoms with E-state index in [1.165, 1.54) is 11.9 Å². The minimum absolute atomic E-state index is 0.0188. The molecule has 0 saturated carbocycles. The second-order valence-electron chi connectivity index (χ2n) is 8.34. The molecule has 37 heavy (non-hydrogen) atoms. The zero-order chi connectivity index (χ0) is 27.2. The van der Waals surface area contributed by atoms with Crippen molar-refractivity contribution < 1.29 is 18.0 Å². The van der Waals surface area contributed by atoms with E-state index in [2.05, 4.69) is 27.9 Å². The molecule has 196 valence electrons. The molecule has 1 N–H and O–H groups in total. The van der Waals surface area contributed by atoms with Gasteiger partial charge in [0, 0.05) is 23.6 Å². The van der Waals surface area contributed by atoms with Crippen LogP contribution in [0.1, 0.15) is 11.1 Å². The number of carbonyl (C=O) groups excluding carboxylic acids is 2. The third-order valence-corrected chi connectivity index (χ3v) is 8.25. The van der Waals surface area contributed by atoms with Gasteiger partial charge in [-0.2, -0.15) is 0 Å². The summed E-state index contributed by atoms with van der Waals surface area (Å²) in [6.07, 6.45) is 1.28. The van der Waals surface area contributed by atoms with E-state index in [0.29, 0.717) is 21.3 Å². The van der Waals surface area contributed by atoms with Gasteiger partial charge in [0.2, 0.25) is 21.8 Å². The molecule has 1 atom stereocenters. The lowest BCUT2D eigenvalue weighted by molar-refractivity contribution is -0.139. The number of carbonyl (C=O) groups is 2. The van der Waals surface area contributed by atoms with Gasteiger partial charge in [-0.05, 0) is 70.1 Å². The Morgan fingerprint density at radius 1 is 0.946 bits per heavy atom. The van der Waals surface area contributed by atoms with Gasteiger partial charge in [0.25, 0.3) is 0 Å². The molecule has 3 aromatic rings. The van der Waals surface area contributed by atoms with Crippen molar-refractivity contribution in [1.29, 1.82) is 0 Å². The van der Waals surface area contributed by atoms with E-state index in [1.54, 1.807) is 42.5 Å². The van der Waals surface area contributed by atoms with Gasteiger partial charge in [0.1, 0.15) is 12.6 Å². The Balaban J connectivity index is 2.03. The van der Waals surface area contributed by atoms with E-state index in [-0.39, 0.29) is 18.9 Å². The van der Waals surface area contributed by atoms with Crippen LogP contribution in [0.25, 0.3) is 0 Å². The SMILES string of the molecule is CNC(=O)C(Cc1ccccc1)N(Cc1ccc(Cl)c(Cl)c1)C(=O)CN(c1ccc(I)cc1)S(C)(=O)=O. The van der Waals surface area contributed by atoms with Crippen molar-refractivity contribution in [3.05, 3.63) is 97.5 Å². The van der Waals surface area contributed by atoms with Crippen LogP contribution in [-0.4, -0.2) is 51.0 Å². The van der Waals surface area contributed by atoms with Crippen molar-refractivity contribution >= 4 is 73.3 Å². The fourth-order valence-electron chi connectivity index (χ4n) is 3.78. The lowest BCUT2D eigenvalue weighted by Crippen LogP contribution is -2.52. The fourth-order valence-corrected chi connectivity index (χ4v) is 5.31. The number of halogens is 3. The lowest BCUT2D eigenvalue weighted by atomic mass is 10.0. The summed E-state index contributed by atoms with van der Waals surface area (Å²) in [5.74, 6) is -0.919. The number of likely N-dealkylation sites (N-methyl/N-ethyl adjacent to an activating group) is 1. The zero-order valence-corrected chi connectivity index (χ0v) is 24.7. The number of amides is 2. The molecule has 0 aliphatic carbocycles. The molecule has 3 aromatic carbocycles. The first-order valence-electron chi connectivity index (χ1n) is 11.2. The Bertz CT molecular complexity index is 1360. The minimum atomic E-state index is -3.81. The number of nitrogens with zero attached hydrogens (tertiary/aromatic N) is 2. The van der Waals surface area contributed by atoms with Gasteiger partial charge in [0.15, 0.2) is 0 Å². The summed E-state index contributed by atoms with van der Waals surface area (Å²) in [7, 11) is -2.31. The zero-order valence-electron chi connectivity index (χ0n) is 20.2. The molecule has 0 aliphatic heterocycles. The van der Waals surface area contributed by atoms with Crippen LogP contribution in [0.5, 0.6) is 0 Å². The normalized spacial score (nSPS) is 12.0. The first-order valence-corrected chi connectivity index (χ1v) is 14.9. The van der Waals surface area contributed by atoms with Crippen molar-refractivity contribution in [3.63, 3.8) is 0 Å². The van der Waals surface area contributed by atoms with Crippen LogP contribution < -0.4 is 9.62 Å². The van der Waals surface area contributed by atoms with Crippen molar-refractivity contribution in [1.82, 2.24) is 10.2 Å². The molecular formula is C26H26Cl2IN3O4S. The van der Waals surface area contributed by atoms with E-state index in [9.17, 15) is 18.0 Å². The molecule has 2 amide bonds. The highest BCUT2D eigenvalue weighted by Crippen LogP contribution is 2.25. The molecule has 0 saturated heterocycles. The molecular weight excluding hydrogens is 648 g/mol. The van der Waals surface area contributed by atoms with Crippen LogP contribution in [0.4, 0.5) is 5.69 Å². The Hall–Kier alpha value is -2.34. The summed E-state index contributed by atoms with van der Waals surface area (Å²) in [6, 6.07) is 20.1. The number of hydrogen-bond acceptors (Lipinski definition) is 4. The number of hydrogen-bond donors (Lipinski definition) is 1. The fraction of sp³-hybridized carbons (Fsp3) is 0.231. The molecule has 0 radical (unpaired) electrons. The average Bonchev–Trinajstić information content (AvgIpc) is 2.86. The number of sulfonamides is 1. The Morgan fingerprint density at radius 2 is 1.59 bits per heavy atom. The monoisotopic (exact) mass is 673 g/mol. The Morgan fingerprint density at radius 3 is 2.16 bits per heavy atom. The first kappa shape index (κ1) is 29.2. The summed E-state index contributed by atoms with van der Waals surface area (Å²) < 4.78 is 27.4. The molecule has 1 unspecified atom stereocenters. The highest BCUT2D eigenvalue weighted by atomic mass is 127. The molecule has 0 heterocycles. The number of anilines is 1. The maximum Gasteiger partial charge on any atom is 0.244 e. The summed E-state index contributed by atoms with van der Waals surface area (Å²) in [5, 5.41) is 3.30. The first-order chi connectivity index (χ1) is 17.5. The maximum atomic E-state index is 13.8. The predicted octanol–water partition coefficient (Wildman–Crippen LogP) is 4.75. The predicted molar refractivity (Wildman–Crippen MR) is 156 cm³/mol. The molecule has 0 fully saturated rings. The van der Waals surface area contributed by atoms with Gasteiger partial charge in [-0.15, -0.1) is 0 Å². The van der Waals surface area contributed by atoms with Crippen molar-refractivity contribution in [3.8, 4) is 0 Å². The molecule has 0 spiro atoms. The molecule has 0 bridgehead atoms. The van der Waals surface area contributed by atoms with E-state index in [4.69, 9.17) is 23.2 Å². The van der Waals surface area contributed by atoms with Crippen LogP contribution in [0, 0.1) is 3.57 Å². The second-order valence-corrected chi connectivity index (χ2v) is 12.3. The van der Waals surface area contributed by atoms with Gasteiger partial charge in [-0.1, -0.05) is 59.6 Å². The quantitative estimate of drug-likeness (QED) is 0.315. The second kappa shape index (κ2) is 12.9. The third kappa shape index (κ3) is 8.07. The van der Waals surface area contributed by atoms with Crippen LogP contribution in [0.3, 0.4) is 0 Å². The van der Waals surface area contributed by atoms with Crippen molar-refractivity contribution in [2.75, 3.05) is 24.2 Å². The lowest BCUT2D eigenvalue weighted by Gasteiger charge is -2.33. The number of nitrogens with one attached hydrogen (secondary N) is 1. The number of rotatable bonds is 10. The van der Waals surface area contributed by atoms with Crippen molar-refractivity contribution in [2.45, 2.75) is 19.0 Å². The Labute approximate surface area is 240 Å². The largest absolute Gasteiger partial charge is 0.357 e. The molecule has 0 aromatic heterocycles. The van der Waals surface area contributed by atoms with Gasteiger partial charge in [-0.25, -0.2) is 8.42 Å². The summed E-state index contributed by atoms with van der Waals surface area (Å²) >= 11 is 14.4. The smallest absolute Gasteiger partial charge is 0.244 e. The van der Waals surface area contributed by atoms with Crippen molar-refractivity contribution in [2.24, 2.45) is 0 Å². The summed E-state index contributed by atoms with van der Waals surface area (Å²) in [5.41, 5.74) is 1.84. The average molecular weight is 674 g/mol. The van der Waals surface area contributed by atoms with E-state index >= 15 is 0 Å². The van der Waals surface area contributed by atoms with Gasteiger partial charge >= 0.3 is 0 Å². The van der Waals surface area contributed by atoms with E-state index in [0.717, 1.165) is 19.7 Å². The highest BCUT2D eigenvalue weighted by molar-refractivity contribution is 14.1. The van der Waals surface area contributed by atoms with Crippen LogP contribution in [0.15, 0.2) is 72.8 Å². The molecule has 0 aliphatic rings.